The lowest BCUT2D eigenvalue weighted by Gasteiger charge is -2.07. The largest absolute Gasteiger partial charge is 0.416 e. The van der Waals surface area contributed by atoms with E-state index in [1.807, 2.05) is 0 Å². The lowest BCUT2D eigenvalue weighted by atomic mass is 10.2. The fraction of sp³-hybridized carbons (Fsp3) is 0.353. The van der Waals surface area contributed by atoms with Crippen LogP contribution >= 0.6 is 0 Å². The third-order valence-electron chi connectivity index (χ3n) is 4.30. The first-order chi connectivity index (χ1) is 13.5. The number of nitrogens with zero attached hydrogens (tertiary/aromatic N) is 4. The van der Waals surface area contributed by atoms with Gasteiger partial charge in [-0.25, -0.2) is 13.4 Å². The van der Waals surface area contributed by atoms with Crippen LogP contribution in [0.3, 0.4) is 0 Å². The molecule has 0 aliphatic carbocycles. The minimum Gasteiger partial charge on any atom is -0.310 e. The average molecular weight is 429 g/mol. The van der Waals surface area contributed by atoms with Crippen LogP contribution in [-0.2, 0) is 27.9 Å². The van der Waals surface area contributed by atoms with Crippen LogP contribution in [-0.4, -0.2) is 39.2 Å². The number of amides is 1. The van der Waals surface area contributed by atoms with E-state index in [2.05, 4.69) is 15.4 Å². The summed E-state index contributed by atoms with van der Waals surface area (Å²) >= 11 is 0. The molecule has 1 amide bonds. The maximum absolute atomic E-state index is 13.0. The van der Waals surface area contributed by atoms with Crippen LogP contribution in [0.1, 0.15) is 25.8 Å². The maximum Gasteiger partial charge on any atom is 0.416 e. The van der Waals surface area contributed by atoms with Gasteiger partial charge in [0, 0.05) is 25.9 Å². The summed E-state index contributed by atoms with van der Waals surface area (Å²) in [6.07, 6.45) is -1.84. The monoisotopic (exact) mass is 429 g/mol. The van der Waals surface area contributed by atoms with Crippen LogP contribution in [0.2, 0.25) is 0 Å². The molecular formula is C17H18F3N5O3S. The Kier molecular flexibility index (Phi) is 5.15. The Morgan fingerprint density at radius 3 is 2.55 bits per heavy atom. The first-order valence-corrected chi connectivity index (χ1v) is 10.3. The summed E-state index contributed by atoms with van der Waals surface area (Å²) in [6.45, 7) is 3.05. The van der Waals surface area contributed by atoms with Gasteiger partial charge in [0.15, 0.2) is 9.84 Å². The summed E-state index contributed by atoms with van der Waals surface area (Å²) in [5.41, 5.74) is -0.859. The molecule has 0 aliphatic rings. The van der Waals surface area contributed by atoms with Gasteiger partial charge in [-0.05, 0) is 12.1 Å². The number of carbonyl (C=O) groups excluding carboxylic acids is 1. The molecule has 1 N–H and O–H groups in total. The van der Waals surface area contributed by atoms with Crippen LogP contribution in [0.25, 0.3) is 17.0 Å². The fourth-order valence-corrected chi connectivity index (χ4v) is 3.95. The van der Waals surface area contributed by atoms with E-state index >= 15 is 0 Å². The van der Waals surface area contributed by atoms with Crippen molar-refractivity contribution in [3.8, 4) is 11.4 Å². The number of hydrogen-bond donors (Lipinski definition) is 1. The molecule has 156 valence electrons. The lowest BCUT2D eigenvalue weighted by Crippen LogP contribution is -2.16. The molecule has 3 aromatic rings. The number of anilines is 1. The zero-order valence-corrected chi connectivity index (χ0v) is 16.6. The molecule has 12 heteroatoms. The molecule has 0 aromatic carbocycles. The van der Waals surface area contributed by atoms with E-state index in [1.54, 1.807) is 6.92 Å². The number of carbonyl (C=O) groups is 1. The number of sulfone groups is 1. The van der Waals surface area contributed by atoms with E-state index < -0.39 is 27.5 Å². The van der Waals surface area contributed by atoms with Gasteiger partial charge < -0.3 is 9.72 Å². The number of hydrogen-bond acceptors (Lipinski definition) is 5. The molecule has 0 aliphatic heterocycles. The van der Waals surface area contributed by atoms with Crippen LogP contribution < -0.4 is 5.32 Å². The second-order valence-corrected chi connectivity index (χ2v) is 8.47. The predicted octanol–water partition coefficient (Wildman–Crippen LogP) is 2.90. The van der Waals surface area contributed by atoms with Gasteiger partial charge in [-0.3, -0.25) is 9.48 Å². The summed E-state index contributed by atoms with van der Waals surface area (Å²) < 4.78 is 66.8. The Hall–Kier alpha value is -2.89. The van der Waals surface area contributed by atoms with Crippen molar-refractivity contribution < 1.29 is 26.4 Å². The second-order valence-electron chi connectivity index (χ2n) is 6.26. The van der Waals surface area contributed by atoms with Crippen LogP contribution in [0.15, 0.2) is 29.4 Å². The van der Waals surface area contributed by atoms with Gasteiger partial charge in [-0.2, -0.15) is 18.3 Å². The summed E-state index contributed by atoms with van der Waals surface area (Å²) in [4.78, 5) is 15.8. The van der Waals surface area contributed by atoms with Crippen molar-refractivity contribution in [2.45, 2.75) is 31.3 Å². The van der Waals surface area contributed by atoms with Crippen molar-refractivity contribution in [1.82, 2.24) is 19.2 Å². The second kappa shape index (κ2) is 7.17. The van der Waals surface area contributed by atoms with Gasteiger partial charge in [-0.1, -0.05) is 13.8 Å². The number of halogens is 3. The number of aryl methyl sites for hydroxylation is 1. The van der Waals surface area contributed by atoms with Gasteiger partial charge in [0.1, 0.15) is 27.7 Å². The Morgan fingerprint density at radius 1 is 1.28 bits per heavy atom. The molecule has 0 unspecified atom stereocenters. The highest BCUT2D eigenvalue weighted by molar-refractivity contribution is 7.91. The van der Waals surface area contributed by atoms with E-state index in [0.717, 1.165) is 12.1 Å². The number of imidazole rings is 1. The summed E-state index contributed by atoms with van der Waals surface area (Å²) in [5, 5.41) is 6.69. The van der Waals surface area contributed by atoms with Crippen molar-refractivity contribution >= 4 is 27.2 Å². The molecule has 0 bridgehead atoms. The number of rotatable bonds is 5. The molecule has 0 atom stereocenters. The van der Waals surface area contributed by atoms with E-state index in [9.17, 15) is 26.4 Å². The topological polar surface area (TPSA) is 98.4 Å². The molecule has 3 heterocycles. The molecular weight excluding hydrogens is 411 g/mol. The van der Waals surface area contributed by atoms with Gasteiger partial charge >= 0.3 is 6.18 Å². The molecule has 0 spiro atoms. The van der Waals surface area contributed by atoms with Crippen LogP contribution in [0.5, 0.6) is 0 Å². The van der Waals surface area contributed by atoms with Crippen molar-refractivity contribution in [2.24, 2.45) is 7.05 Å². The van der Waals surface area contributed by atoms with Crippen molar-refractivity contribution in [3.05, 3.63) is 30.1 Å². The number of aromatic nitrogens is 4. The number of nitrogens with one attached hydrogen (secondary N) is 1. The number of pyridine rings is 1. The Bertz CT molecular complexity index is 1200. The summed E-state index contributed by atoms with van der Waals surface area (Å²) in [7, 11) is -2.38. The predicted molar refractivity (Wildman–Crippen MR) is 99.0 cm³/mol. The molecule has 0 fully saturated rings. The number of alkyl halides is 3. The van der Waals surface area contributed by atoms with Crippen LogP contribution in [0, 0.1) is 0 Å². The third kappa shape index (κ3) is 3.84. The smallest absolute Gasteiger partial charge is 0.310 e. The first-order valence-electron chi connectivity index (χ1n) is 8.63. The summed E-state index contributed by atoms with van der Waals surface area (Å²) in [6, 6.07) is 1.76. The maximum atomic E-state index is 13.0. The third-order valence-corrected chi connectivity index (χ3v) is 6.07. The number of fused-ring (bicyclic) bond motifs is 1. The highest BCUT2D eigenvalue weighted by Gasteiger charge is 2.32. The fourth-order valence-electron chi connectivity index (χ4n) is 2.74. The molecule has 0 saturated heterocycles. The highest BCUT2D eigenvalue weighted by Crippen LogP contribution is 2.34. The summed E-state index contributed by atoms with van der Waals surface area (Å²) in [5.74, 6) is -0.676. The SMILES string of the molecule is CCC(=O)Nc1c(S(=O)(=O)CC)c(-c2cn3ccc(C(F)(F)F)cc3n2)nn1C. The van der Waals surface area contributed by atoms with E-state index in [-0.39, 0.29) is 39.9 Å². The normalized spacial score (nSPS) is 12.5. The van der Waals surface area contributed by atoms with E-state index in [0.29, 0.717) is 0 Å². The van der Waals surface area contributed by atoms with Crippen molar-refractivity contribution in [3.63, 3.8) is 0 Å². The van der Waals surface area contributed by atoms with Gasteiger partial charge in [-0.15, -0.1) is 0 Å². The van der Waals surface area contributed by atoms with Gasteiger partial charge in [0.2, 0.25) is 5.91 Å². The molecule has 8 nitrogen and oxygen atoms in total. The molecule has 3 aromatic heterocycles. The Balaban J connectivity index is 2.23. The zero-order valence-electron chi connectivity index (χ0n) is 15.8. The first kappa shape index (κ1) is 20.8. The Labute approximate surface area is 164 Å². The average Bonchev–Trinajstić information content (AvgIpc) is 3.21. The highest BCUT2D eigenvalue weighted by atomic mass is 32.2. The van der Waals surface area contributed by atoms with Crippen molar-refractivity contribution in [2.75, 3.05) is 11.1 Å². The minimum absolute atomic E-state index is 0.0123. The van der Waals surface area contributed by atoms with Crippen molar-refractivity contribution in [1.29, 1.82) is 0 Å². The Morgan fingerprint density at radius 2 is 1.97 bits per heavy atom. The van der Waals surface area contributed by atoms with Crippen LogP contribution in [0.4, 0.5) is 19.0 Å². The quantitative estimate of drug-likeness (QED) is 0.673. The standard InChI is InChI=1S/C17H18F3N5O3S/c1-4-13(26)22-16-15(29(27,28)5-2)14(23-24(16)3)11-9-25-7-6-10(17(18,19)20)8-12(25)21-11/h6-9H,4-5H2,1-3H3,(H,22,26). The molecule has 3 rings (SSSR count). The minimum atomic E-state index is -4.53. The molecule has 0 saturated carbocycles. The molecule has 29 heavy (non-hydrogen) atoms. The molecule has 0 radical (unpaired) electrons. The van der Waals surface area contributed by atoms with Gasteiger partial charge in [0.25, 0.3) is 0 Å². The lowest BCUT2D eigenvalue weighted by molar-refractivity contribution is -0.137. The van der Waals surface area contributed by atoms with Gasteiger partial charge in [0.05, 0.1) is 11.3 Å². The van der Waals surface area contributed by atoms with E-state index in [1.165, 1.54) is 35.4 Å². The zero-order chi connectivity index (χ0) is 21.6. The van der Waals surface area contributed by atoms with E-state index in [4.69, 9.17) is 0 Å².